The first kappa shape index (κ1) is 21.9. The number of hydrogen-bond acceptors (Lipinski definition) is 3. The molecule has 3 heteroatoms. The SMILES string of the molecule is N#Cc1ccc(-c2cccc3cc(-c4cc(-c5ncc6ccccc6n5)c5ccccc5c4)ccc23)cc1. The van der Waals surface area contributed by atoms with Crippen molar-refractivity contribution in [2.75, 3.05) is 0 Å². The van der Waals surface area contributed by atoms with Gasteiger partial charge in [0.1, 0.15) is 0 Å². The minimum absolute atomic E-state index is 0.666. The zero-order valence-corrected chi connectivity index (χ0v) is 20.5. The van der Waals surface area contributed by atoms with Crippen molar-refractivity contribution in [3.63, 3.8) is 0 Å². The molecule has 7 aromatic rings. The predicted molar refractivity (Wildman–Crippen MR) is 156 cm³/mol. The van der Waals surface area contributed by atoms with Gasteiger partial charge in [0.05, 0.1) is 17.1 Å². The van der Waals surface area contributed by atoms with E-state index in [2.05, 4.69) is 78.9 Å². The van der Waals surface area contributed by atoms with Gasteiger partial charge in [0.15, 0.2) is 5.82 Å². The van der Waals surface area contributed by atoms with Gasteiger partial charge < -0.3 is 0 Å². The van der Waals surface area contributed by atoms with Crippen molar-refractivity contribution < 1.29 is 0 Å². The van der Waals surface area contributed by atoms with Crippen LogP contribution in [0.1, 0.15) is 5.56 Å². The molecular formula is C35H21N3. The van der Waals surface area contributed by atoms with E-state index in [4.69, 9.17) is 15.2 Å². The number of benzene rings is 6. The molecule has 0 amide bonds. The lowest BCUT2D eigenvalue weighted by Gasteiger charge is -2.12. The highest BCUT2D eigenvalue weighted by Crippen LogP contribution is 2.36. The lowest BCUT2D eigenvalue weighted by atomic mass is 9.92. The van der Waals surface area contributed by atoms with Gasteiger partial charge in [0.25, 0.3) is 0 Å². The summed E-state index contributed by atoms with van der Waals surface area (Å²) in [5.41, 5.74) is 7.15. The third kappa shape index (κ3) is 3.77. The standard InChI is InChI=1S/C35H21N3/c36-21-23-12-14-24(15-13-23)30-10-5-8-27-18-25(16-17-32(27)30)29-19-26-6-1-3-9-31(26)33(20-29)35-37-22-28-7-2-4-11-34(28)38-35/h1-20,22H. The highest BCUT2D eigenvalue weighted by atomic mass is 14.9. The first-order chi connectivity index (χ1) is 18.8. The van der Waals surface area contributed by atoms with Crippen molar-refractivity contribution in [2.45, 2.75) is 0 Å². The van der Waals surface area contributed by atoms with Crippen LogP contribution in [0.25, 0.3) is 66.1 Å². The first-order valence-corrected chi connectivity index (χ1v) is 12.6. The maximum atomic E-state index is 9.16. The zero-order chi connectivity index (χ0) is 25.5. The van der Waals surface area contributed by atoms with E-state index in [-0.39, 0.29) is 0 Å². The van der Waals surface area contributed by atoms with Crippen LogP contribution in [0.2, 0.25) is 0 Å². The fourth-order valence-corrected chi connectivity index (χ4v) is 5.20. The van der Waals surface area contributed by atoms with Crippen LogP contribution < -0.4 is 0 Å². The Hall–Kier alpha value is -5.33. The summed E-state index contributed by atoms with van der Waals surface area (Å²) in [6.07, 6.45) is 1.90. The van der Waals surface area contributed by atoms with Crippen molar-refractivity contribution in [1.29, 1.82) is 5.26 Å². The van der Waals surface area contributed by atoms with Crippen LogP contribution in [-0.2, 0) is 0 Å². The van der Waals surface area contributed by atoms with E-state index in [1.54, 1.807) is 0 Å². The molecule has 0 unspecified atom stereocenters. The summed E-state index contributed by atoms with van der Waals surface area (Å²) in [5.74, 6) is 0.727. The maximum Gasteiger partial charge on any atom is 0.160 e. The van der Waals surface area contributed by atoms with Gasteiger partial charge in [-0.05, 0) is 80.2 Å². The van der Waals surface area contributed by atoms with E-state index in [1.807, 2.05) is 54.7 Å². The molecule has 0 saturated heterocycles. The van der Waals surface area contributed by atoms with Crippen molar-refractivity contribution in [2.24, 2.45) is 0 Å². The Kier molecular flexibility index (Phi) is 5.17. The maximum absolute atomic E-state index is 9.16. The predicted octanol–water partition coefficient (Wildman–Crippen LogP) is 8.81. The highest BCUT2D eigenvalue weighted by molar-refractivity contribution is 6.02. The summed E-state index contributed by atoms with van der Waals surface area (Å²) in [6.45, 7) is 0. The number of hydrogen-bond donors (Lipinski definition) is 0. The number of aromatic nitrogens is 2. The van der Waals surface area contributed by atoms with Crippen LogP contribution in [0.3, 0.4) is 0 Å². The normalized spacial score (nSPS) is 11.1. The Labute approximate surface area is 220 Å². The molecule has 7 rings (SSSR count). The van der Waals surface area contributed by atoms with Gasteiger partial charge in [-0.3, -0.25) is 0 Å². The Morgan fingerprint density at radius 2 is 1.21 bits per heavy atom. The van der Waals surface area contributed by atoms with E-state index in [0.717, 1.165) is 55.3 Å². The molecule has 38 heavy (non-hydrogen) atoms. The Balaban J connectivity index is 1.38. The van der Waals surface area contributed by atoms with Crippen molar-refractivity contribution >= 4 is 32.4 Å². The Morgan fingerprint density at radius 3 is 2.05 bits per heavy atom. The summed E-state index contributed by atoms with van der Waals surface area (Å²) in [7, 11) is 0. The zero-order valence-electron chi connectivity index (χ0n) is 20.5. The van der Waals surface area contributed by atoms with Crippen molar-refractivity contribution in [1.82, 2.24) is 9.97 Å². The number of rotatable bonds is 3. The molecule has 1 aromatic heterocycles. The van der Waals surface area contributed by atoms with Gasteiger partial charge in [-0.25, -0.2) is 9.97 Å². The van der Waals surface area contributed by atoms with E-state index >= 15 is 0 Å². The Bertz CT molecular complexity index is 2030. The van der Waals surface area contributed by atoms with Gasteiger partial charge in [0, 0.05) is 17.1 Å². The van der Waals surface area contributed by atoms with Gasteiger partial charge in [0.2, 0.25) is 0 Å². The van der Waals surface area contributed by atoms with Gasteiger partial charge in [-0.2, -0.15) is 5.26 Å². The van der Waals surface area contributed by atoms with Crippen LogP contribution in [-0.4, -0.2) is 9.97 Å². The van der Waals surface area contributed by atoms with Crippen molar-refractivity contribution in [3.8, 4) is 39.7 Å². The van der Waals surface area contributed by atoms with Crippen LogP contribution in [0.15, 0.2) is 128 Å². The third-order valence-electron chi connectivity index (χ3n) is 7.13. The molecule has 6 aromatic carbocycles. The Morgan fingerprint density at radius 1 is 0.526 bits per heavy atom. The molecule has 0 spiro atoms. The number of para-hydroxylation sites is 1. The topological polar surface area (TPSA) is 49.6 Å². The lowest BCUT2D eigenvalue weighted by molar-refractivity contribution is 1.23. The van der Waals surface area contributed by atoms with E-state index in [1.165, 1.54) is 10.8 Å². The number of nitriles is 1. The van der Waals surface area contributed by atoms with Crippen LogP contribution in [0, 0.1) is 11.3 Å². The monoisotopic (exact) mass is 483 g/mol. The molecule has 0 aliphatic carbocycles. The second-order valence-electron chi connectivity index (χ2n) is 9.43. The molecule has 0 saturated carbocycles. The lowest BCUT2D eigenvalue weighted by Crippen LogP contribution is -1.92. The van der Waals surface area contributed by atoms with E-state index in [9.17, 15) is 0 Å². The molecule has 0 atom stereocenters. The molecule has 3 nitrogen and oxygen atoms in total. The second kappa shape index (κ2) is 8.96. The highest BCUT2D eigenvalue weighted by Gasteiger charge is 2.12. The quantitative estimate of drug-likeness (QED) is 0.252. The second-order valence-corrected chi connectivity index (χ2v) is 9.43. The average molecular weight is 484 g/mol. The molecule has 0 N–H and O–H groups in total. The van der Waals surface area contributed by atoms with Crippen LogP contribution in [0.4, 0.5) is 0 Å². The fourth-order valence-electron chi connectivity index (χ4n) is 5.20. The summed E-state index contributed by atoms with van der Waals surface area (Å²) in [6, 6.07) is 43.9. The smallest absolute Gasteiger partial charge is 0.160 e. The minimum Gasteiger partial charge on any atom is -0.236 e. The van der Waals surface area contributed by atoms with Gasteiger partial charge >= 0.3 is 0 Å². The minimum atomic E-state index is 0.666. The number of fused-ring (bicyclic) bond motifs is 3. The molecule has 0 radical (unpaired) electrons. The fraction of sp³-hybridized carbons (Fsp3) is 0. The molecule has 0 aliphatic heterocycles. The summed E-state index contributed by atoms with van der Waals surface area (Å²) < 4.78 is 0. The molecule has 0 fully saturated rings. The van der Waals surface area contributed by atoms with Gasteiger partial charge in [-0.15, -0.1) is 0 Å². The molecule has 0 bridgehead atoms. The van der Waals surface area contributed by atoms with Crippen LogP contribution >= 0.6 is 0 Å². The first-order valence-electron chi connectivity index (χ1n) is 12.6. The van der Waals surface area contributed by atoms with E-state index < -0.39 is 0 Å². The third-order valence-corrected chi connectivity index (χ3v) is 7.13. The average Bonchev–Trinajstić information content (AvgIpc) is 2.99. The largest absolute Gasteiger partial charge is 0.236 e. The van der Waals surface area contributed by atoms with Crippen LogP contribution in [0.5, 0.6) is 0 Å². The summed E-state index contributed by atoms with van der Waals surface area (Å²) in [5, 5.41) is 14.8. The molecule has 0 aliphatic rings. The number of nitrogens with zero attached hydrogens (tertiary/aromatic N) is 3. The summed E-state index contributed by atoms with van der Waals surface area (Å²) >= 11 is 0. The van der Waals surface area contributed by atoms with Gasteiger partial charge in [-0.1, -0.05) is 84.9 Å². The van der Waals surface area contributed by atoms with E-state index in [0.29, 0.717) is 5.56 Å². The molecule has 176 valence electrons. The summed E-state index contributed by atoms with van der Waals surface area (Å²) in [4.78, 5) is 9.64. The molecular weight excluding hydrogens is 462 g/mol. The van der Waals surface area contributed by atoms with Crippen molar-refractivity contribution in [3.05, 3.63) is 133 Å². The molecule has 1 heterocycles.